The van der Waals surface area contributed by atoms with Crippen molar-refractivity contribution in [2.75, 3.05) is 17.7 Å². The Kier molecular flexibility index (Phi) is 6.24. The van der Waals surface area contributed by atoms with E-state index in [0.717, 1.165) is 10.2 Å². The lowest BCUT2D eigenvalue weighted by Crippen LogP contribution is -2.22. The quantitative estimate of drug-likeness (QED) is 0.371. The number of hydrogen-bond acceptors (Lipinski definition) is 8. The van der Waals surface area contributed by atoms with Gasteiger partial charge in [-0.3, -0.25) is 9.59 Å². The smallest absolute Gasteiger partial charge is 0.316 e. The molecule has 0 aliphatic rings. The molecule has 0 aliphatic carbocycles. The Labute approximate surface area is 167 Å². The number of benzene rings is 1. The number of fused-ring (bicyclic) bond motifs is 1. The molecular formula is C17H11ClN4O3S2. The molecule has 3 rings (SSSR count). The van der Waals surface area contributed by atoms with Crippen LogP contribution in [0.4, 0.5) is 5.69 Å². The van der Waals surface area contributed by atoms with E-state index in [4.69, 9.17) is 21.6 Å². The highest BCUT2D eigenvalue weighted by atomic mass is 35.5. The Bertz CT molecular complexity index is 1050. The highest BCUT2D eigenvalue weighted by molar-refractivity contribution is 8.00. The summed E-state index contributed by atoms with van der Waals surface area (Å²) in [7, 11) is 0. The Morgan fingerprint density at radius 2 is 2.19 bits per heavy atom. The lowest BCUT2D eigenvalue weighted by Gasteiger charge is -2.08. The molecule has 1 amide bonds. The molecule has 0 radical (unpaired) electrons. The first-order valence-corrected chi connectivity index (χ1v) is 9.77. The van der Waals surface area contributed by atoms with Crippen molar-refractivity contribution in [2.24, 2.45) is 0 Å². The fourth-order valence-electron chi connectivity index (χ4n) is 2.10. The van der Waals surface area contributed by atoms with Gasteiger partial charge in [0, 0.05) is 10.4 Å². The van der Waals surface area contributed by atoms with Gasteiger partial charge >= 0.3 is 5.97 Å². The van der Waals surface area contributed by atoms with Crippen LogP contribution >= 0.6 is 34.7 Å². The van der Waals surface area contributed by atoms with Gasteiger partial charge in [-0.2, -0.15) is 5.26 Å². The molecule has 3 aromatic rings. The zero-order valence-electron chi connectivity index (χ0n) is 13.6. The molecule has 7 nitrogen and oxygen atoms in total. The summed E-state index contributed by atoms with van der Waals surface area (Å²) < 4.78 is 4.97. The van der Waals surface area contributed by atoms with Gasteiger partial charge in [-0.05, 0) is 29.6 Å². The number of nitrogens with zero attached hydrogens (tertiary/aromatic N) is 3. The number of nitriles is 1. The van der Waals surface area contributed by atoms with Crippen molar-refractivity contribution in [1.82, 2.24) is 9.97 Å². The van der Waals surface area contributed by atoms with Crippen LogP contribution < -0.4 is 5.32 Å². The summed E-state index contributed by atoms with van der Waals surface area (Å²) in [4.78, 5) is 33.0. The summed E-state index contributed by atoms with van der Waals surface area (Å²) in [5.41, 5.74) is 0.527. The molecule has 0 aliphatic heterocycles. The van der Waals surface area contributed by atoms with Crippen molar-refractivity contribution >= 4 is 62.5 Å². The molecule has 1 aromatic carbocycles. The van der Waals surface area contributed by atoms with Gasteiger partial charge in [-0.25, -0.2) is 9.97 Å². The molecule has 0 spiro atoms. The number of esters is 1. The van der Waals surface area contributed by atoms with Crippen LogP contribution in [0.1, 0.15) is 5.56 Å². The van der Waals surface area contributed by atoms with Gasteiger partial charge in [0.25, 0.3) is 5.91 Å². The fourth-order valence-corrected chi connectivity index (χ4v) is 3.85. The maximum Gasteiger partial charge on any atom is 0.316 e. The third kappa shape index (κ3) is 4.95. The third-order valence-corrected chi connectivity index (χ3v) is 5.33. The predicted molar refractivity (Wildman–Crippen MR) is 104 cm³/mol. The van der Waals surface area contributed by atoms with E-state index in [0.29, 0.717) is 10.0 Å². The van der Waals surface area contributed by atoms with Crippen molar-refractivity contribution in [2.45, 2.75) is 5.03 Å². The number of carbonyl (C=O) groups is 2. The van der Waals surface area contributed by atoms with Gasteiger partial charge < -0.3 is 10.1 Å². The topological polar surface area (TPSA) is 105 Å². The highest BCUT2D eigenvalue weighted by Gasteiger charge is 2.13. The Morgan fingerprint density at radius 3 is 3.00 bits per heavy atom. The summed E-state index contributed by atoms with van der Waals surface area (Å²) >= 11 is 8.56. The average Bonchev–Trinajstić information content (AvgIpc) is 3.14. The average molecular weight is 419 g/mol. The van der Waals surface area contributed by atoms with E-state index in [9.17, 15) is 9.59 Å². The minimum atomic E-state index is -0.561. The monoisotopic (exact) mass is 418 g/mol. The van der Waals surface area contributed by atoms with Crippen molar-refractivity contribution in [1.29, 1.82) is 5.26 Å². The molecule has 27 heavy (non-hydrogen) atoms. The van der Waals surface area contributed by atoms with E-state index >= 15 is 0 Å². The third-order valence-electron chi connectivity index (χ3n) is 3.29. The minimum absolute atomic E-state index is 0.00977. The van der Waals surface area contributed by atoms with E-state index < -0.39 is 18.5 Å². The second-order valence-electron chi connectivity index (χ2n) is 5.12. The number of rotatable bonds is 6. The second kappa shape index (κ2) is 8.81. The van der Waals surface area contributed by atoms with Crippen LogP contribution in [0.15, 0.2) is 41.0 Å². The Hall–Kier alpha value is -2.67. The zero-order valence-corrected chi connectivity index (χ0v) is 16.0. The van der Waals surface area contributed by atoms with Gasteiger partial charge in [-0.1, -0.05) is 23.4 Å². The first kappa shape index (κ1) is 19.1. The SMILES string of the molecule is N#Cc1ccc(Cl)cc1NC(=O)COC(=O)CSc1ncnc2sccc12. The maximum atomic E-state index is 11.9. The van der Waals surface area contributed by atoms with E-state index in [1.165, 1.54) is 41.6 Å². The van der Waals surface area contributed by atoms with Crippen LogP contribution in [0.25, 0.3) is 10.2 Å². The van der Waals surface area contributed by atoms with E-state index in [-0.39, 0.29) is 17.0 Å². The van der Waals surface area contributed by atoms with E-state index in [1.54, 1.807) is 6.07 Å². The van der Waals surface area contributed by atoms with E-state index in [2.05, 4.69) is 15.3 Å². The lowest BCUT2D eigenvalue weighted by atomic mass is 10.2. The van der Waals surface area contributed by atoms with Gasteiger partial charge in [-0.15, -0.1) is 11.3 Å². The van der Waals surface area contributed by atoms with Crippen LogP contribution in [-0.2, 0) is 14.3 Å². The van der Waals surface area contributed by atoms with Gasteiger partial charge in [0.1, 0.15) is 22.3 Å². The first-order valence-electron chi connectivity index (χ1n) is 7.53. The van der Waals surface area contributed by atoms with Crippen molar-refractivity contribution in [3.63, 3.8) is 0 Å². The standard InChI is InChI=1S/C17H11ClN4O3S2/c18-11-2-1-10(6-19)13(5-11)22-14(23)7-25-15(24)8-27-17-12-3-4-26-16(12)20-9-21-17/h1-5,9H,7-8H2,(H,22,23). The van der Waals surface area contributed by atoms with Crippen LogP contribution in [0.3, 0.4) is 0 Å². The largest absolute Gasteiger partial charge is 0.455 e. The summed E-state index contributed by atoms with van der Waals surface area (Å²) in [5.74, 6) is -1.10. The summed E-state index contributed by atoms with van der Waals surface area (Å²) in [6.45, 7) is -0.464. The zero-order chi connectivity index (χ0) is 19.2. The second-order valence-corrected chi connectivity index (χ2v) is 7.41. The molecule has 0 bridgehead atoms. The molecule has 0 unspecified atom stereocenters. The number of carbonyl (C=O) groups excluding carboxylic acids is 2. The Morgan fingerprint density at radius 1 is 1.33 bits per heavy atom. The molecule has 0 atom stereocenters. The van der Waals surface area contributed by atoms with Crippen molar-refractivity contribution in [3.8, 4) is 6.07 Å². The lowest BCUT2D eigenvalue weighted by molar-refractivity contribution is -0.144. The number of hydrogen-bond donors (Lipinski definition) is 1. The van der Waals surface area contributed by atoms with Crippen molar-refractivity contribution < 1.29 is 14.3 Å². The van der Waals surface area contributed by atoms with Gasteiger partial charge in [0.05, 0.1) is 17.0 Å². The fraction of sp³-hybridized carbons (Fsp3) is 0.118. The number of aromatic nitrogens is 2. The normalized spacial score (nSPS) is 10.4. The molecule has 2 aromatic heterocycles. The van der Waals surface area contributed by atoms with Crippen LogP contribution in [0.2, 0.25) is 5.02 Å². The number of halogens is 1. The molecular weight excluding hydrogens is 408 g/mol. The summed E-state index contributed by atoms with van der Waals surface area (Å²) in [5, 5.41) is 15.4. The van der Waals surface area contributed by atoms with Crippen LogP contribution in [0.5, 0.6) is 0 Å². The molecule has 10 heteroatoms. The maximum absolute atomic E-state index is 11.9. The molecule has 0 saturated carbocycles. The van der Waals surface area contributed by atoms with Gasteiger partial charge in [0.15, 0.2) is 6.61 Å². The van der Waals surface area contributed by atoms with Crippen LogP contribution in [0, 0.1) is 11.3 Å². The predicted octanol–water partition coefficient (Wildman–Crippen LogP) is 3.49. The molecule has 136 valence electrons. The number of nitrogens with one attached hydrogen (secondary N) is 1. The number of thiophene rings is 1. The molecule has 2 heterocycles. The number of ether oxygens (including phenoxy) is 1. The number of anilines is 1. The Balaban J connectivity index is 1.51. The highest BCUT2D eigenvalue weighted by Crippen LogP contribution is 2.27. The van der Waals surface area contributed by atoms with Crippen LogP contribution in [-0.4, -0.2) is 34.2 Å². The molecule has 0 fully saturated rings. The number of thioether (sulfide) groups is 1. The van der Waals surface area contributed by atoms with Gasteiger partial charge in [0.2, 0.25) is 0 Å². The molecule has 1 N–H and O–H groups in total. The van der Waals surface area contributed by atoms with E-state index in [1.807, 2.05) is 17.5 Å². The summed E-state index contributed by atoms with van der Waals surface area (Å²) in [6.07, 6.45) is 1.44. The van der Waals surface area contributed by atoms with Crippen molar-refractivity contribution in [3.05, 3.63) is 46.6 Å². The molecule has 0 saturated heterocycles. The minimum Gasteiger partial charge on any atom is -0.455 e. The summed E-state index contributed by atoms with van der Waals surface area (Å²) in [6, 6.07) is 8.33. The number of amides is 1. The first-order chi connectivity index (χ1) is 13.1.